The zero-order valence-electron chi connectivity index (χ0n) is 20.5. The molecule has 0 aliphatic carbocycles. The minimum Gasteiger partial charge on any atom is -0.492 e. The SMILES string of the molecule is O=C(NCCOc1ccc(S(=O)(=O)N2CCCC2)cc1)C1CCN(S(=O)(=O)Cc2ccc(Br)cc2)CC1. The number of halogens is 1. The molecule has 12 heteroatoms. The van der Waals surface area contributed by atoms with Crippen molar-refractivity contribution >= 4 is 41.9 Å². The molecule has 2 saturated heterocycles. The number of carbonyl (C=O) groups excluding carboxylic acids is 1. The number of rotatable bonds is 10. The van der Waals surface area contributed by atoms with Crippen LogP contribution < -0.4 is 10.1 Å². The van der Waals surface area contributed by atoms with Gasteiger partial charge in [0.05, 0.1) is 17.2 Å². The lowest BCUT2D eigenvalue weighted by molar-refractivity contribution is -0.126. The Bertz CT molecular complexity index is 1270. The Morgan fingerprint density at radius 1 is 0.892 bits per heavy atom. The molecule has 1 N–H and O–H groups in total. The lowest BCUT2D eigenvalue weighted by Gasteiger charge is -2.30. The number of hydrogen-bond donors (Lipinski definition) is 1. The van der Waals surface area contributed by atoms with Crippen molar-refractivity contribution in [2.75, 3.05) is 39.3 Å². The normalized spacial score (nSPS) is 18.1. The number of nitrogens with one attached hydrogen (secondary N) is 1. The number of hydrogen-bond acceptors (Lipinski definition) is 6. The van der Waals surface area contributed by atoms with Gasteiger partial charge in [0.2, 0.25) is 26.0 Å². The molecular weight excluding hydrogens is 582 g/mol. The molecule has 202 valence electrons. The molecule has 2 fully saturated rings. The van der Waals surface area contributed by atoms with Crippen molar-refractivity contribution in [2.24, 2.45) is 5.92 Å². The van der Waals surface area contributed by atoms with Gasteiger partial charge in [0, 0.05) is 36.6 Å². The third-order valence-electron chi connectivity index (χ3n) is 6.68. The van der Waals surface area contributed by atoms with Gasteiger partial charge in [-0.3, -0.25) is 4.79 Å². The number of sulfonamides is 2. The average Bonchev–Trinajstić information content (AvgIpc) is 3.44. The molecule has 2 heterocycles. The van der Waals surface area contributed by atoms with E-state index >= 15 is 0 Å². The highest BCUT2D eigenvalue weighted by molar-refractivity contribution is 9.10. The highest BCUT2D eigenvalue weighted by Crippen LogP contribution is 2.24. The van der Waals surface area contributed by atoms with E-state index in [1.807, 2.05) is 12.1 Å². The van der Waals surface area contributed by atoms with Crippen LogP contribution in [0.5, 0.6) is 5.75 Å². The minimum absolute atomic E-state index is 0.0559. The van der Waals surface area contributed by atoms with E-state index in [2.05, 4.69) is 21.2 Å². The second-order valence-electron chi connectivity index (χ2n) is 9.28. The molecule has 0 spiro atoms. The van der Waals surface area contributed by atoms with Gasteiger partial charge in [-0.05, 0) is 67.6 Å². The number of ether oxygens (including phenoxy) is 1. The van der Waals surface area contributed by atoms with Crippen LogP contribution in [-0.4, -0.2) is 70.7 Å². The third kappa shape index (κ3) is 7.32. The monoisotopic (exact) mass is 613 g/mol. The molecule has 2 aliphatic heterocycles. The molecule has 0 bridgehead atoms. The zero-order valence-corrected chi connectivity index (χ0v) is 23.7. The van der Waals surface area contributed by atoms with Crippen LogP contribution in [0.4, 0.5) is 0 Å². The third-order valence-corrected chi connectivity index (χ3v) is 11.0. The molecule has 9 nitrogen and oxygen atoms in total. The van der Waals surface area contributed by atoms with E-state index in [0.717, 1.165) is 22.9 Å². The standard InChI is InChI=1S/C25H32BrN3O6S2/c26-22-5-3-20(4-6-22)19-36(31,32)28-16-11-21(12-17-28)25(30)27-13-18-35-23-7-9-24(10-8-23)37(33,34)29-14-1-2-15-29/h3-10,21H,1-2,11-19H2,(H,27,30). The molecule has 0 radical (unpaired) electrons. The van der Waals surface area contributed by atoms with Crippen molar-refractivity contribution in [3.8, 4) is 5.75 Å². The van der Waals surface area contributed by atoms with Gasteiger partial charge in [0.1, 0.15) is 12.4 Å². The minimum atomic E-state index is -3.46. The Labute approximate surface area is 227 Å². The van der Waals surface area contributed by atoms with E-state index in [1.54, 1.807) is 36.4 Å². The smallest absolute Gasteiger partial charge is 0.243 e. The zero-order chi connectivity index (χ0) is 26.5. The van der Waals surface area contributed by atoms with E-state index < -0.39 is 20.0 Å². The summed E-state index contributed by atoms with van der Waals surface area (Å²) in [5.41, 5.74) is 0.728. The predicted molar refractivity (Wildman–Crippen MR) is 144 cm³/mol. The van der Waals surface area contributed by atoms with Gasteiger partial charge in [-0.25, -0.2) is 21.1 Å². The maximum atomic E-state index is 12.8. The van der Waals surface area contributed by atoms with Crippen molar-refractivity contribution in [3.05, 3.63) is 58.6 Å². The van der Waals surface area contributed by atoms with Crippen LogP contribution in [0.2, 0.25) is 0 Å². The summed E-state index contributed by atoms with van der Waals surface area (Å²) in [5, 5.41) is 2.86. The van der Waals surface area contributed by atoms with Crippen molar-refractivity contribution in [1.82, 2.24) is 13.9 Å². The van der Waals surface area contributed by atoms with Crippen molar-refractivity contribution in [1.29, 1.82) is 0 Å². The lowest BCUT2D eigenvalue weighted by Crippen LogP contribution is -2.43. The maximum Gasteiger partial charge on any atom is 0.243 e. The second kappa shape index (κ2) is 12.2. The molecule has 0 atom stereocenters. The van der Waals surface area contributed by atoms with E-state index in [0.29, 0.717) is 51.3 Å². The molecule has 2 aliphatic rings. The number of piperidine rings is 1. The topological polar surface area (TPSA) is 113 Å². The first-order valence-corrected chi connectivity index (χ1v) is 16.2. The largest absolute Gasteiger partial charge is 0.492 e. The predicted octanol–water partition coefficient (Wildman–Crippen LogP) is 2.97. The van der Waals surface area contributed by atoms with Crippen LogP contribution >= 0.6 is 15.9 Å². The van der Waals surface area contributed by atoms with Gasteiger partial charge in [0.15, 0.2) is 0 Å². The van der Waals surface area contributed by atoms with Crippen LogP contribution in [0, 0.1) is 5.92 Å². The van der Waals surface area contributed by atoms with Gasteiger partial charge in [0.25, 0.3) is 0 Å². The fourth-order valence-electron chi connectivity index (χ4n) is 4.55. The van der Waals surface area contributed by atoms with Gasteiger partial charge in [-0.15, -0.1) is 0 Å². The Hall–Kier alpha value is -1.99. The first kappa shape index (κ1) is 28.0. The number of benzene rings is 2. The van der Waals surface area contributed by atoms with Crippen molar-refractivity contribution in [2.45, 2.75) is 36.3 Å². The molecule has 2 aromatic rings. The van der Waals surface area contributed by atoms with Crippen LogP contribution in [0.3, 0.4) is 0 Å². The summed E-state index contributed by atoms with van der Waals surface area (Å²) in [6.07, 6.45) is 2.71. The Morgan fingerprint density at radius 2 is 1.51 bits per heavy atom. The molecule has 4 rings (SSSR count). The first-order chi connectivity index (χ1) is 17.6. The molecule has 0 saturated carbocycles. The van der Waals surface area contributed by atoms with E-state index in [9.17, 15) is 21.6 Å². The summed E-state index contributed by atoms with van der Waals surface area (Å²) in [4.78, 5) is 12.8. The summed E-state index contributed by atoms with van der Waals surface area (Å²) >= 11 is 3.35. The number of carbonyl (C=O) groups is 1. The summed E-state index contributed by atoms with van der Waals surface area (Å²) in [6.45, 7) is 2.29. The highest BCUT2D eigenvalue weighted by Gasteiger charge is 2.31. The van der Waals surface area contributed by atoms with E-state index in [4.69, 9.17) is 4.74 Å². The molecular formula is C25H32BrN3O6S2. The Kier molecular flexibility index (Phi) is 9.28. The second-order valence-corrected chi connectivity index (χ2v) is 14.1. The molecule has 1 amide bonds. The fraction of sp³-hybridized carbons (Fsp3) is 0.480. The van der Waals surface area contributed by atoms with Gasteiger partial charge in [-0.2, -0.15) is 4.31 Å². The van der Waals surface area contributed by atoms with Crippen LogP contribution in [0.25, 0.3) is 0 Å². The number of amides is 1. The van der Waals surface area contributed by atoms with Gasteiger partial charge < -0.3 is 10.1 Å². The maximum absolute atomic E-state index is 12.8. The van der Waals surface area contributed by atoms with Gasteiger partial charge in [-0.1, -0.05) is 28.1 Å². The number of nitrogens with zero attached hydrogens (tertiary/aromatic N) is 2. The quantitative estimate of drug-likeness (QED) is 0.412. The summed E-state index contributed by atoms with van der Waals surface area (Å²) in [5.74, 6) is 0.119. The molecule has 2 aromatic carbocycles. The average molecular weight is 615 g/mol. The summed E-state index contributed by atoms with van der Waals surface area (Å²) in [6, 6.07) is 13.5. The van der Waals surface area contributed by atoms with Crippen molar-refractivity contribution < 1.29 is 26.4 Å². The van der Waals surface area contributed by atoms with Crippen LogP contribution in [0.1, 0.15) is 31.2 Å². The lowest BCUT2D eigenvalue weighted by atomic mass is 9.97. The van der Waals surface area contributed by atoms with Gasteiger partial charge >= 0.3 is 0 Å². The first-order valence-electron chi connectivity index (χ1n) is 12.4. The molecule has 0 unspecified atom stereocenters. The van der Waals surface area contributed by atoms with Crippen LogP contribution in [0.15, 0.2) is 57.9 Å². The van der Waals surface area contributed by atoms with E-state index in [-0.39, 0.29) is 29.1 Å². The Balaban J connectivity index is 1.17. The molecule has 37 heavy (non-hydrogen) atoms. The summed E-state index contributed by atoms with van der Waals surface area (Å²) in [7, 11) is -6.90. The van der Waals surface area contributed by atoms with Crippen molar-refractivity contribution in [3.63, 3.8) is 0 Å². The van der Waals surface area contributed by atoms with Crippen LogP contribution in [-0.2, 0) is 30.6 Å². The highest BCUT2D eigenvalue weighted by atomic mass is 79.9. The molecule has 0 aromatic heterocycles. The summed E-state index contributed by atoms with van der Waals surface area (Å²) < 4.78 is 60.2. The van der Waals surface area contributed by atoms with E-state index in [1.165, 1.54) is 8.61 Å². The Morgan fingerprint density at radius 3 is 2.14 bits per heavy atom. The fourth-order valence-corrected chi connectivity index (χ4v) is 7.90.